The normalized spacial score (nSPS) is 16.6. The Bertz CT molecular complexity index is 634. The molecule has 1 aromatic rings. The van der Waals surface area contributed by atoms with Gasteiger partial charge in [-0.05, 0) is 32.0 Å². The Morgan fingerprint density at radius 2 is 2.07 bits per heavy atom. The van der Waals surface area contributed by atoms with Crippen LogP contribution >= 0.6 is 12.4 Å². The first-order valence-corrected chi connectivity index (χ1v) is 8.66. The number of nitrogens with one attached hydrogen (secondary N) is 1. The second-order valence-corrected chi connectivity index (χ2v) is 6.33. The lowest BCUT2D eigenvalue weighted by atomic mass is 9.96. The third kappa shape index (κ3) is 6.32. The minimum Gasteiger partial charge on any atom is -0.434 e. The minimum atomic E-state index is -3.00. The van der Waals surface area contributed by atoms with Gasteiger partial charge in [0.1, 0.15) is 5.75 Å². The monoisotopic (exact) mass is 405 g/mol. The molecule has 152 valence electrons. The van der Waals surface area contributed by atoms with Crippen molar-refractivity contribution < 1.29 is 23.1 Å². The number of amides is 2. The average Bonchev–Trinajstić information content (AvgIpc) is 2.65. The number of halogens is 3. The summed E-state index contributed by atoms with van der Waals surface area (Å²) in [7, 11) is 3.56. The molecule has 0 aromatic heterocycles. The van der Waals surface area contributed by atoms with Crippen molar-refractivity contribution in [3.8, 4) is 5.75 Å². The second kappa shape index (κ2) is 11.0. The number of hydrogen-bond donors (Lipinski definition) is 1. The van der Waals surface area contributed by atoms with Gasteiger partial charge in [-0.25, -0.2) is 0 Å². The van der Waals surface area contributed by atoms with Crippen molar-refractivity contribution in [1.82, 2.24) is 15.1 Å². The molecule has 2 amide bonds. The number of likely N-dealkylation sites (N-methyl/N-ethyl adjacent to an activating group) is 2. The molecule has 2 rings (SSSR count). The number of benzene rings is 1. The Hall–Kier alpha value is -1.93. The quantitative estimate of drug-likeness (QED) is 0.755. The summed E-state index contributed by atoms with van der Waals surface area (Å²) in [6.07, 6.45) is 1.40. The van der Waals surface area contributed by atoms with E-state index in [0.29, 0.717) is 32.5 Å². The topological polar surface area (TPSA) is 61.9 Å². The van der Waals surface area contributed by atoms with Gasteiger partial charge in [-0.1, -0.05) is 12.1 Å². The molecular formula is C18H26ClF2N3O3. The van der Waals surface area contributed by atoms with Gasteiger partial charge in [0.05, 0.1) is 11.5 Å². The highest BCUT2D eigenvalue weighted by Crippen LogP contribution is 2.25. The molecular weight excluding hydrogens is 380 g/mol. The van der Waals surface area contributed by atoms with Crippen molar-refractivity contribution in [3.05, 3.63) is 29.8 Å². The molecule has 1 N–H and O–H groups in total. The van der Waals surface area contributed by atoms with Gasteiger partial charge < -0.3 is 19.9 Å². The molecule has 1 atom stereocenters. The number of ether oxygens (including phenoxy) is 1. The number of alkyl halides is 2. The maximum Gasteiger partial charge on any atom is 0.387 e. The fraction of sp³-hybridized carbons (Fsp3) is 0.556. The second-order valence-electron chi connectivity index (χ2n) is 6.33. The zero-order chi connectivity index (χ0) is 19.1. The smallest absolute Gasteiger partial charge is 0.387 e. The van der Waals surface area contributed by atoms with Crippen molar-refractivity contribution in [1.29, 1.82) is 0 Å². The highest BCUT2D eigenvalue weighted by atomic mass is 35.5. The van der Waals surface area contributed by atoms with E-state index in [9.17, 15) is 18.4 Å². The molecule has 1 unspecified atom stereocenters. The molecule has 0 aliphatic carbocycles. The molecule has 9 heteroatoms. The highest BCUT2D eigenvalue weighted by Gasteiger charge is 2.31. The van der Waals surface area contributed by atoms with Crippen molar-refractivity contribution in [3.63, 3.8) is 0 Å². The summed E-state index contributed by atoms with van der Waals surface area (Å²) in [6.45, 7) is -0.947. The molecule has 6 nitrogen and oxygen atoms in total. The van der Waals surface area contributed by atoms with E-state index in [1.807, 2.05) is 7.05 Å². The van der Waals surface area contributed by atoms with Crippen molar-refractivity contribution >= 4 is 24.2 Å². The van der Waals surface area contributed by atoms with Crippen LogP contribution in [0.25, 0.3) is 0 Å². The van der Waals surface area contributed by atoms with Crippen LogP contribution in [0.4, 0.5) is 8.78 Å². The first-order valence-electron chi connectivity index (χ1n) is 8.66. The van der Waals surface area contributed by atoms with Crippen LogP contribution in [-0.4, -0.2) is 68.5 Å². The van der Waals surface area contributed by atoms with Crippen LogP contribution in [-0.2, 0) is 4.79 Å². The zero-order valence-electron chi connectivity index (χ0n) is 15.5. The first kappa shape index (κ1) is 23.1. The Balaban J connectivity index is 0.00000364. The number of nitrogens with zero attached hydrogens (tertiary/aromatic N) is 2. The zero-order valence-corrected chi connectivity index (χ0v) is 16.3. The lowest BCUT2D eigenvalue weighted by molar-refractivity contribution is -0.135. The van der Waals surface area contributed by atoms with Crippen molar-refractivity contribution in [2.75, 3.05) is 40.3 Å². The van der Waals surface area contributed by atoms with Crippen molar-refractivity contribution in [2.24, 2.45) is 5.92 Å². The fourth-order valence-corrected chi connectivity index (χ4v) is 3.08. The van der Waals surface area contributed by atoms with E-state index < -0.39 is 12.5 Å². The summed E-state index contributed by atoms with van der Waals surface area (Å²) in [6, 6.07) is 5.94. The molecule has 1 fully saturated rings. The van der Waals surface area contributed by atoms with E-state index in [1.54, 1.807) is 22.9 Å². The number of carbonyl (C=O) groups is 2. The molecule has 1 aliphatic heterocycles. The van der Waals surface area contributed by atoms with E-state index in [1.165, 1.54) is 18.2 Å². The number of likely N-dealkylation sites (tertiary alicyclic amines) is 1. The molecule has 27 heavy (non-hydrogen) atoms. The number of rotatable bonds is 7. The Labute approximate surface area is 164 Å². The molecule has 1 heterocycles. The van der Waals surface area contributed by atoms with Crippen LogP contribution in [0.3, 0.4) is 0 Å². The van der Waals surface area contributed by atoms with Gasteiger partial charge in [0.25, 0.3) is 5.91 Å². The Kier molecular flexibility index (Phi) is 9.45. The van der Waals surface area contributed by atoms with Gasteiger partial charge in [0, 0.05) is 33.2 Å². The lowest BCUT2D eigenvalue weighted by Gasteiger charge is -2.34. The van der Waals surface area contributed by atoms with Gasteiger partial charge in [0.15, 0.2) is 0 Å². The minimum absolute atomic E-state index is 0. The summed E-state index contributed by atoms with van der Waals surface area (Å²) >= 11 is 0. The molecule has 0 radical (unpaired) electrons. The van der Waals surface area contributed by atoms with Gasteiger partial charge in [-0.3, -0.25) is 9.59 Å². The maximum atomic E-state index is 12.8. The summed E-state index contributed by atoms with van der Waals surface area (Å²) < 4.78 is 29.6. The summed E-state index contributed by atoms with van der Waals surface area (Å²) in [5, 5.41) is 2.99. The standard InChI is InChI=1S/C18H25F2N3O3.ClH/c1-21-9-11-22(2)16(24)13-6-5-10-23(12-13)17(25)14-7-3-4-8-15(14)26-18(19)20;/h3-4,7-8,13,18,21H,5-6,9-12H2,1-2H3;1H. The average molecular weight is 406 g/mol. The predicted molar refractivity (Wildman–Crippen MR) is 101 cm³/mol. The lowest BCUT2D eigenvalue weighted by Crippen LogP contribution is -2.46. The Morgan fingerprint density at radius 1 is 1.37 bits per heavy atom. The van der Waals surface area contributed by atoms with Gasteiger partial charge in [0.2, 0.25) is 5.91 Å². The molecule has 1 aromatic carbocycles. The van der Waals surface area contributed by atoms with E-state index >= 15 is 0 Å². The number of hydrogen-bond acceptors (Lipinski definition) is 4. The number of piperidine rings is 1. The van der Waals surface area contributed by atoms with Crippen molar-refractivity contribution in [2.45, 2.75) is 19.5 Å². The van der Waals surface area contributed by atoms with Crippen LogP contribution in [0.5, 0.6) is 5.75 Å². The molecule has 1 aliphatic rings. The van der Waals surface area contributed by atoms with E-state index in [4.69, 9.17) is 0 Å². The SMILES string of the molecule is CNCCN(C)C(=O)C1CCCN(C(=O)c2ccccc2OC(F)F)C1.Cl. The largest absolute Gasteiger partial charge is 0.434 e. The molecule has 0 spiro atoms. The molecule has 1 saturated heterocycles. The predicted octanol–water partition coefficient (Wildman–Crippen LogP) is 2.24. The van der Waals surface area contributed by atoms with Crippen LogP contribution in [0.15, 0.2) is 24.3 Å². The van der Waals surface area contributed by atoms with E-state index in [0.717, 1.165) is 0 Å². The third-order valence-electron chi connectivity index (χ3n) is 4.46. The van der Waals surface area contributed by atoms with Crippen LogP contribution in [0.2, 0.25) is 0 Å². The molecule has 0 bridgehead atoms. The number of carbonyl (C=O) groups excluding carboxylic acids is 2. The summed E-state index contributed by atoms with van der Waals surface area (Å²) in [5.74, 6) is -0.823. The fourth-order valence-electron chi connectivity index (χ4n) is 3.08. The summed E-state index contributed by atoms with van der Waals surface area (Å²) in [5.41, 5.74) is 0.0874. The maximum absolute atomic E-state index is 12.8. The highest BCUT2D eigenvalue weighted by molar-refractivity contribution is 5.97. The molecule has 0 saturated carbocycles. The van der Waals surface area contributed by atoms with Crippen LogP contribution < -0.4 is 10.1 Å². The van der Waals surface area contributed by atoms with E-state index in [-0.39, 0.29) is 42.1 Å². The van der Waals surface area contributed by atoms with Gasteiger partial charge in [-0.15, -0.1) is 12.4 Å². The Morgan fingerprint density at radius 3 is 2.74 bits per heavy atom. The number of para-hydroxylation sites is 1. The summed E-state index contributed by atoms with van der Waals surface area (Å²) in [4.78, 5) is 28.5. The first-order chi connectivity index (χ1) is 12.4. The van der Waals surface area contributed by atoms with E-state index in [2.05, 4.69) is 10.1 Å². The van der Waals surface area contributed by atoms with Crippen LogP contribution in [0, 0.1) is 5.92 Å². The third-order valence-corrected chi connectivity index (χ3v) is 4.46. The van der Waals surface area contributed by atoms with Gasteiger partial charge in [-0.2, -0.15) is 8.78 Å². The van der Waals surface area contributed by atoms with Gasteiger partial charge >= 0.3 is 6.61 Å². The van der Waals surface area contributed by atoms with Crippen LogP contribution in [0.1, 0.15) is 23.2 Å².